The number of carbonyl (C=O) groups excluding carboxylic acids is 1. The van der Waals surface area contributed by atoms with Crippen LogP contribution in [-0.2, 0) is 16.1 Å². The van der Waals surface area contributed by atoms with Crippen LogP contribution in [0.1, 0.15) is 11.1 Å². The highest BCUT2D eigenvalue weighted by atomic mass is 16.5. The second-order valence-corrected chi connectivity index (χ2v) is 6.27. The number of pyridine rings is 1. The zero-order valence-corrected chi connectivity index (χ0v) is 13.5. The first kappa shape index (κ1) is 15.0. The number of anilines is 1. The van der Waals surface area contributed by atoms with E-state index in [9.17, 15) is 4.79 Å². The van der Waals surface area contributed by atoms with Gasteiger partial charge >= 0.3 is 0 Å². The molecule has 0 aromatic carbocycles. The van der Waals surface area contributed by atoms with Gasteiger partial charge in [0.2, 0.25) is 11.9 Å². The molecular formula is C17H19N5O2. The van der Waals surface area contributed by atoms with Gasteiger partial charge in [0.25, 0.3) is 0 Å². The fourth-order valence-electron chi connectivity index (χ4n) is 3.27. The summed E-state index contributed by atoms with van der Waals surface area (Å²) in [6.45, 7) is 4.03. The minimum atomic E-state index is -0.00993. The summed E-state index contributed by atoms with van der Waals surface area (Å²) in [5, 5.41) is 0. The van der Waals surface area contributed by atoms with Gasteiger partial charge in [-0.25, -0.2) is 9.97 Å². The van der Waals surface area contributed by atoms with Crippen molar-refractivity contribution in [1.82, 2.24) is 19.9 Å². The van der Waals surface area contributed by atoms with Crippen LogP contribution in [0.15, 0.2) is 36.9 Å². The van der Waals surface area contributed by atoms with E-state index in [1.54, 1.807) is 12.4 Å². The maximum atomic E-state index is 12.4. The lowest BCUT2D eigenvalue weighted by Gasteiger charge is -2.36. The molecular weight excluding hydrogens is 306 g/mol. The molecule has 0 radical (unpaired) electrons. The summed E-state index contributed by atoms with van der Waals surface area (Å²) in [5.74, 6) is 0.708. The average molecular weight is 325 g/mol. The Bertz CT molecular complexity index is 722. The highest BCUT2D eigenvalue weighted by Gasteiger charge is 2.43. The number of hydrogen-bond acceptors (Lipinski definition) is 6. The summed E-state index contributed by atoms with van der Waals surface area (Å²) in [4.78, 5) is 29.3. The van der Waals surface area contributed by atoms with E-state index in [4.69, 9.17) is 4.74 Å². The lowest BCUT2D eigenvalue weighted by atomic mass is 10.1. The maximum absolute atomic E-state index is 12.4. The van der Waals surface area contributed by atoms with Crippen molar-refractivity contribution in [3.63, 3.8) is 0 Å². The molecule has 2 aliphatic rings. The second kappa shape index (κ2) is 6.16. The largest absolute Gasteiger partial charge is 0.364 e. The summed E-state index contributed by atoms with van der Waals surface area (Å²) in [7, 11) is 0. The van der Waals surface area contributed by atoms with Gasteiger partial charge in [-0.1, -0.05) is 6.07 Å². The number of fused-ring (bicyclic) bond motifs is 1. The molecule has 0 N–H and O–H groups in total. The first-order valence-corrected chi connectivity index (χ1v) is 8.04. The van der Waals surface area contributed by atoms with Crippen LogP contribution in [0.5, 0.6) is 0 Å². The van der Waals surface area contributed by atoms with Gasteiger partial charge in [-0.15, -0.1) is 0 Å². The van der Waals surface area contributed by atoms with E-state index in [0.717, 1.165) is 11.1 Å². The molecule has 4 heterocycles. The third-order valence-corrected chi connectivity index (χ3v) is 4.50. The van der Waals surface area contributed by atoms with Gasteiger partial charge in [0.15, 0.2) is 0 Å². The molecule has 7 heteroatoms. The third-order valence-electron chi connectivity index (χ3n) is 4.50. The minimum Gasteiger partial charge on any atom is -0.364 e. The molecule has 0 spiro atoms. The Hall–Kier alpha value is -2.54. The van der Waals surface area contributed by atoms with Crippen LogP contribution in [0, 0.1) is 6.92 Å². The van der Waals surface area contributed by atoms with Crippen molar-refractivity contribution in [1.29, 1.82) is 0 Å². The van der Waals surface area contributed by atoms with Crippen LogP contribution in [0.4, 0.5) is 5.95 Å². The van der Waals surface area contributed by atoms with Gasteiger partial charge in [0.1, 0.15) is 6.61 Å². The smallest absolute Gasteiger partial charge is 0.249 e. The first-order chi connectivity index (χ1) is 11.7. The number of hydrogen-bond donors (Lipinski definition) is 0. The molecule has 0 bridgehead atoms. The number of carbonyl (C=O) groups is 1. The molecule has 0 aliphatic carbocycles. The van der Waals surface area contributed by atoms with E-state index in [1.807, 2.05) is 36.4 Å². The van der Waals surface area contributed by atoms with Gasteiger partial charge in [0, 0.05) is 44.4 Å². The van der Waals surface area contributed by atoms with Crippen molar-refractivity contribution in [2.24, 2.45) is 0 Å². The summed E-state index contributed by atoms with van der Waals surface area (Å²) < 4.78 is 5.75. The van der Waals surface area contributed by atoms with Crippen molar-refractivity contribution in [3.05, 3.63) is 48.0 Å². The Kier molecular flexibility index (Phi) is 3.86. The summed E-state index contributed by atoms with van der Waals surface area (Å²) in [5.41, 5.74) is 2.05. The predicted octanol–water partition coefficient (Wildman–Crippen LogP) is 0.796. The SMILES string of the molecule is Cc1cnc(N2C[C@@H]3[C@@H](C2)OCC(=O)N3Cc2cccnc2)nc1. The van der Waals surface area contributed by atoms with Gasteiger partial charge < -0.3 is 14.5 Å². The van der Waals surface area contributed by atoms with E-state index in [-0.39, 0.29) is 24.7 Å². The van der Waals surface area contributed by atoms with Crippen molar-refractivity contribution in [2.75, 3.05) is 24.6 Å². The molecule has 0 unspecified atom stereocenters. The predicted molar refractivity (Wildman–Crippen MR) is 87.3 cm³/mol. The average Bonchev–Trinajstić information content (AvgIpc) is 3.03. The molecule has 124 valence electrons. The molecule has 2 saturated heterocycles. The van der Waals surface area contributed by atoms with E-state index in [1.165, 1.54) is 0 Å². The Labute approximate surface area is 140 Å². The molecule has 2 atom stereocenters. The number of ether oxygens (including phenoxy) is 1. The van der Waals surface area contributed by atoms with Crippen LogP contribution < -0.4 is 4.90 Å². The minimum absolute atomic E-state index is 0.00993. The molecule has 1 amide bonds. The number of rotatable bonds is 3. The molecule has 7 nitrogen and oxygen atoms in total. The maximum Gasteiger partial charge on any atom is 0.249 e. The molecule has 4 rings (SSSR count). The van der Waals surface area contributed by atoms with Crippen molar-refractivity contribution in [3.8, 4) is 0 Å². The number of amides is 1. The van der Waals surface area contributed by atoms with E-state index in [2.05, 4.69) is 19.9 Å². The van der Waals surface area contributed by atoms with Crippen molar-refractivity contribution in [2.45, 2.75) is 25.6 Å². The molecule has 2 aromatic rings. The lowest BCUT2D eigenvalue weighted by Crippen LogP contribution is -2.53. The van der Waals surface area contributed by atoms with Crippen LogP contribution in [-0.4, -0.2) is 57.6 Å². The fourth-order valence-corrected chi connectivity index (χ4v) is 3.27. The van der Waals surface area contributed by atoms with Gasteiger partial charge in [0.05, 0.1) is 12.1 Å². The second-order valence-electron chi connectivity index (χ2n) is 6.27. The summed E-state index contributed by atoms with van der Waals surface area (Å²) >= 11 is 0. The normalized spacial score (nSPS) is 23.5. The molecule has 24 heavy (non-hydrogen) atoms. The Balaban J connectivity index is 1.53. The first-order valence-electron chi connectivity index (χ1n) is 8.04. The summed E-state index contributed by atoms with van der Waals surface area (Å²) in [6, 6.07) is 3.88. The Morgan fingerprint density at radius 3 is 2.83 bits per heavy atom. The van der Waals surface area contributed by atoms with Gasteiger partial charge in [-0.3, -0.25) is 9.78 Å². The van der Waals surface area contributed by atoms with E-state index < -0.39 is 0 Å². The monoisotopic (exact) mass is 325 g/mol. The Morgan fingerprint density at radius 2 is 2.08 bits per heavy atom. The van der Waals surface area contributed by atoms with Crippen LogP contribution in [0.3, 0.4) is 0 Å². The standard InChI is InChI=1S/C17H19N5O2/c1-12-5-19-17(20-6-12)21-9-14-15(10-21)24-11-16(23)22(14)8-13-3-2-4-18-7-13/h2-7,14-15H,8-11H2,1H3/t14-,15-/m1/s1. The van der Waals surface area contributed by atoms with Gasteiger partial charge in [-0.2, -0.15) is 0 Å². The highest BCUT2D eigenvalue weighted by molar-refractivity contribution is 5.79. The highest BCUT2D eigenvalue weighted by Crippen LogP contribution is 2.27. The van der Waals surface area contributed by atoms with Crippen LogP contribution in [0.2, 0.25) is 0 Å². The molecule has 2 aromatic heterocycles. The van der Waals surface area contributed by atoms with E-state index >= 15 is 0 Å². The quantitative estimate of drug-likeness (QED) is 0.831. The van der Waals surface area contributed by atoms with Crippen molar-refractivity contribution < 1.29 is 9.53 Å². The zero-order chi connectivity index (χ0) is 16.5. The topological polar surface area (TPSA) is 71.5 Å². The molecule has 2 aliphatic heterocycles. The number of aryl methyl sites for hydroxylation is 1. The Morgan fingerprint density at radius 1 is 1.25 bits per heavy atom. The van der Waals surface area contributed by atoms with Crippen molar-refractivity contribution >= 4 is 11.9 Å². The van der Waals surface area contributed by atoms with Gasteiger partial charge in [-0.05, 0) is 24.1 Å². The van der Waals surface area contributed by atoms with Crippen LogP contribution >= 0.6 is 0 Å². The third kappa shape index (κ3) is 2.82. The zero-order valence-electron chi connectivity index (χ0n) is 13.5. The molecule has 0 saturated carbocycles. The fraction of sp³-hybridized carbons (Fsp3) is 0.412. The van der Waals surface area contributed by atoms with E-state index in [0.29, 0.717) is 25.6 Å². The summed E-state index contributed by atoms with van der Waals surface area (Å²) in [6.07, 6.45) is 7.14. The van der Waals surface area contributed by atoms with Crippen LogP contribution in [0.25, 0.3) is 0 Å². The molecule has 2 fully saturated rings. The number of nitrogens with zero attached hydrogens (tertiary/aromatic N) is 5. The number of aromatic nitrogens is 3. The lowest BCUT2D eigenvalue weighted by molar-refractivity contribution is -0.153. The number of morpholine rings is 1.